The molecule has 3 aromatic heterocycles. The fourth-order valence-electron chi connectivity index (χ4n) is 15.3. The van der Waals surface area contributed by atoms with Crippen molar-refractivity contribution < 1.29 is 82.5 Å². The molecule has 6 aromatic carbocycles. The molecule has 676 valence electrons. The molecule has 0 atom stereocenters. The van der Waals surface area contributed by atoms with Crippen LogP contribution in [0.4, 0.5) is 0 Å². The Morgan fingerprint density at radius 1 is 0.318 bits per heavy atom. The number of nitrogens with one attached hydrogen (secondary N) is 10. The molecule has 7 heterocycles. The van der Waals surface area contributed by atoms with Crippen LogP contribution >= 0.6 is 0 Å². The molecule has 0 spiro atoms. The summed E-state index contributed by atoms with van der Waals surface area (Å²) in [6, 6.07) is 45.6. The van der Waals surface area contributed by atoms with E-state index in [4.69, 9.17) is 33.7 Å². The number of phenolic OH excluding ortho intramolecular Hbond substituents is 4. The Kier molecular flexibility index (Phi) is 33.8. The SMILES string of the molecule is CCCOCCOCCN1CCNC(=O)c2cccc(c2O)C(=O)NCCN(Cc2ccc(-c3c4nc(cc5ccc([nH]5)c(-c5ccc(CN6CCNC(=O)c7cccc(c7O)C(=O)NCCN(CCOCCOCCOC)CCNC(=O)c7cccc(c7O)C(=O)NCC6)cc5)c5nc(cc6ccc3[nH]6)C=C5)C=C4)cc2)CCNC(=O)c2cccc(c2O)C(=O)NCC1. The number of benzene rings is 6. The van der Waals surface area contributed by atoms with Crippen molar-refractivity contribution in [3.63, 3.8) is 0 Å². The number of ether oxygens (including phenoxy) is 5. The number of phenols is 4. The molecule has 33 heteroatoms. The summed E-state index contributed by atoms with van der Waals surface area (Å²) in [4.78, 5) is 136. The second-order valence-corrected chi connectivity index (χ2v) is 31.1. The Hall–Kier alpha value is -13.5. The molecule has 4 aliphatic rings. The molecular formula is C96H110N16O17. The summed E-state index contributed by atoms with van der Waals surface area (Å²) in [5.41, 5.74) is 10.3. The van der Waals surface area contributed by atoms with Crippen LogP contribution in [0.5, 0.6) is 23.0 Å². The van der Waals surface area contributed by atoms with Crippen LogP contribution in [0.25, 0.3) is 68.6 Å². The molecule has 13 rings (SSSR count). The molecule has 8 amide bonds. The highest BCUT2D eigenvalue weighted by Gasteiger charge is 2.27. The highest BCUT2D eigenvalue weighted by molar-refractivity contribution is 6.07. The van der Waals surface area contributed by atoms with Gasteiger partial charge in [0.2, 0.25) is 0 Å². The Morgan fingerprint density at radius 2 is 0.589 bits per heavy atom. The van der Waals surface area contributed by atoms with Crippen LogP contribution in [-0.4, -0.2) is 292 Å². The second-order valence-electron chi connectivity index (χ2n) is 31.1. The Morgan fingerprint density at radius 3 is 0.876 bits per heavy atom. The summed E-state index contributed by atoms with van der Waals surface area (Å²) in [7, 11) is 1.59. The van der Waals surface area contributed by atoms with Gasteiger partial charge in [-0.3, -0.25) is 58.0 Å². The first-order chi connectivity index (χ1) is 62.9. The van der Waals surface area contributed by atoms with Gasteiger partial charge < -0.3 is 96.6 Å². The minimum absolute atomic E-state index is 0.0829. The van der Waals surface area contributed by atoms with Crippen LogP contribution in [-0.2, 0) is 36.8 Å². The first-order valence-electron chi connectivity index (χ1n) is 43.4. The van der Waals surface area contributed by atoms with E-state index in [1.54, 1.807) is 7.11 Å². The number of para-hydroxylation sites is 4. The van der Waals surface area contributed by atoms with E-state index in [0.717, 1.165) is 61.9 Å². The van der Waals surface area contributed by atoms with Crippen LogP contribution in [0.1, 0.15) is 130 Å². The number of fused-ring (bicyclic) bond motifs is 16. The maximum absolute atomic E-state index is 13.9. The van der Waals surface area contributed by atoms with Gasteiger partial charge in [0.15, 0.2) is 0 Å². The van der Waals surface area contributed by atoms with Crippen molar-refractivity contribution in [3.8, 4) is 45.3 Å². The van der Waals surface area contributed by atoms with Gasteiger partial charge in [0.05, 0.1) is 120 Å². The molecule has 16 bridgehead atoms. The molecule has 0 saturated carbocycles. The van der Waals surface area contributed by atoms with E-state index in [2.05, 4.69) is 52.5 Å². The van der Waals surface area contributed by atoms with Crippen molar-refractivity contribution in [3.05, 3.63) is 236 Å². The number of amides is 8. The van der Waals surface area contributed by atoms with Crippen molar-refractivity contribution in [2.45, 2.75) is 26.4 Å². The summed E-state index contributed by atoms with van der Waals surface area (Å²) < 4.78 is 27.6. The number of carbonyl (C=O) groups is 8. The normalized spacial score (nSPS) is 15.9. The Balaban J connectivity index is 0.706. The lowest BCUT2D eigenvalue weighted by molar-refractivity contribution is 0.0196. The van der Waals surface area contributed by atoms with E-state index in [1.807, 2.05) is 136 Å². The van der Waals surface area contributed by atoms with Gasteiger partial charge in [0.25, 0.3) is 47.3 Å². The number of hydrogen-bond donors (Lipinski definition) is 14. The van der Waals surface area contributed by atoms with E-state index < -0.39 is 70.3 Å². The zero-order valence-electron chi connectivity index (χ0n) is 72.3. The summed E-state index contributed by atoms with van der Waals surface area (Å²) >= 11 is 0. The number of hydrogen-bond acceptors (Lipinski definition) is 23. The van der Waals surface area contributed by atoms with Crippen molar-refractivity contribution in [1.82, 2.24) is 82.1 Å². The van der Waals surface area contributed by atoms with Crippen LogP contribution in [0.15, 0.2) is 158 Å². The van der Waals surface area contributed by atoms with Gasteiger partial charge in [-0.2, -0.15) is 0 Å². The molecule has 4 aliphatic heterocycles. The topological polar surface area (TPSA) is 430 Å². The van der Waals surface area contributed by atoms with E-state index in [0.29, 0.717) is 135 Å². The molecule has 0 radical (unpaired) electrons. The molecule has 129 heavy (non-hydrogen) atoms. The Bertz CT molecular complexity index is 5380. The fraction of sp³-hybridized carbons (Fsp3) is 0.333. The fourth-order valence-corrected chi connectivity index (χ4v) is 15.3. The Labute approximate surface area is 746 Å². The molecule has 0 fully saturated rings. The average Bonchev–Trinajstić information content (AvgIpc) is 1.63. The number of aromatic hydroxyl groups is 4. The van der Waals surface area contributed by atoms with Gasteiger partial charge >= 0.3 is 0 Å². The standard InChI is InChI=1S/C96H110N16O17/c1-3-50-126-55-56-127-51-48-109-40-32-97-89(117)71-8-4-12-75(85(71)113)93(121)101-36-44-111(45-37-102-94(122)76-13-5-9-72(86(76)114)90(118)98-33-41-109)61-63-16-20-65(21-17-63)83-79-28-24-67(105-79)59-69-26-30-81(107-69)84(82-31-27-70(108-82)60-68-25-29-80(83)106-68)66-22-18-64(19-23-66)62-112-46-38-103-95(123)77-14-6-10-73(87(77)115)91(119)99-34-42-110(49-52-128-57-58-129-54-53-125-2)43-35-100-92(120)74-11-7-15-78(88(74)116)96(124)104-39-47-112/h4-31,59-60,105,108,113-116H,3,32-58,61-62H2,1-2H3,(H,97,117)(H,98,118)(H,99,119)(H,100,120)(H,101,121)(H,102,122)(H,103,123)(H,104,124). The van der Waals surface area contributed by atoms with Gasteiger partial charge in [-0.15, -0.1) is 0 Å². The third-order valence-electron chi connectivity index (χ3n) is 22.1. The molecule has 14 N–H and O–H groups in total. The van der Waals surface area contributed by atoms with Gasteiger partial charge in [-0.25, -0.2) is 9.97 Å². The monoisotopic (exact) mass is 1760 g/mol. The third-order valence-corrected chi connectivity index (χ3v) is 22.1. The zero-order chi connectivity index (χ0) is 90.4. The summed E-state index contributed by atoms with van der Waals surface area (Å²) in [6.45, 7) is 10.6. The molecule has 0 aliphatic carbocycles. The van der Waals surface area contributed by atoms with Crippen molar-refractivity contribution in [1.29, 1.82) is 0 Å². The first-order valence-corrected chi connectivity index (χ1v) is 43.4. The molecule has 0 unspecified atom stereocenters. The minimum atomic E-state index is -0.605. The molecular weight excluding hydrogens is 1650 g/mol. The van der Waals surface area contributed by atoms with Gasteiger partial charge in [-0.1, -0.05) is 79.7 Å². The lowest BCUT2D eigenvalue weighted by Gasteiger charge is -2.23. The van der Waals surface area contributed by atoms with Gasteiger partial charge in [-0.05, 0) is 138 Å². The van der Waals surface area contributed by atoms with E-state index >= 15 is 0 Å². The number of rotatable bonds is 23. The number of aromatic amines is 2. The zero-order valence-corrected chi connectivity index (χ0v) is 72.3. The first kappa shape index (κ1) is 93.2. The van der Waals surface area contributed by atoms with Crippen molar-refractivity contribution in [2.24, 2.45) is 0 Å². The van der Waals surface area contributed by atoms with E-state index in [-0.39, 0.29) is 123 Å². The van der Waals surface area contributed by atoms with Gasteiger partial charge in [0.1, 0.15) is 23.0 Å². The molecule has 33 nitrogen and oxygen atoms in total. The molecule has 0 saturated heterocycles. The predicted octanol–water partition coefficient (Wildman–Crippen LogP) is 7.81. The average molecular weight is 1760 g/mol. The van der Waals surface area contributed by atoms with Gasteiger partial charge in [0, 0.05) is 178 Å². The third kappa shape index (κ3) is 25.7. The van der Waals surface area contributed by atoms with E-state index in [9.17, 15) is 58.8 Å². The number of carbonyl (C=O) groups excluding carboxylic acids is 8. The van der Waals surface area contributed by atoms with Crippen LogP contribution in [0.3, 0.4) is 0 Å². The predicted molar refractivity (Wildman–Crippen MR) is 490 cm³/mol. The number of nitrogens with zero attached hydrogens (tertiary/aromatic N) is 6. The lowest BCUT2D eigenvalue weighted by atomic mass is 10.0. The molecule has 9 aromatic rings. The van der Waals surface area contributed by atoms with Crippen molar-refractivity contribution in [2.75, 3.05) is 184 Å². The highest BCUT2D eigenvalue weighted by atomic mass is 16.5. The number of methoxy groups -OCH3 is 1. The number of aromatic nitrogens is 4. The summed E-state index contributed by atoms with van der Waals surface area (Å²) in [5, 5.41) is 68.7. The summed E-state index contributed by atoms with van der Waals surface area (Å²) in [5.74, 6) is -6.69. The second kappa shape index (κ2) is 46.8. The largest absolute Gasteiger partial charge is 0.506 e. The minimum Gasteiger partial charge on any atom is -0.506 e. The van der Waals surface area contributed by atoms with E-state index in [1.165, 1.54) is 72.8 Å². The highest BCUT2D eigenvalue weighted by Crippen LogP contribution is 2.35. The lowest BCUT2D eigenvalue weighted by Crippen LogP contribution is -2.41. The van der Waals surface area contributed by atoms with Crippen LogP contribution in [0, 0.1) is 0 Å². The quantitative estimate of drug-likeness (QED) is 0.0271. The maximum Gasteiger partial charge on any atom is 0.255 e. The van der Waals surface area contributed by atoms with Crippen molar-refractivity contribution >= 4 is 93.6 Å². The van der Waals surface area contributed by atoms with Crippen LogP contribution < -0.4 is 42.5 Å². The smallest absolute Gasteiger partial charge is 0.255 e. The van der Waals surface area contributed by atoms with Crippen LogP contribution in [0.2, 0.25) is 0 Å². The maximum atomic E-state index is 13.9. The summed E-state index contributed by atoms with van der Waals surface area (Å²) in [6.07, 6.45) is 8.75. The number of H-pyrrole nitrogens is 2.